The summed E-state index contributed by atoms with van der Waals surface area (Å²) in [6.07, 6.45) is 5.02. The van der Waals surface area contributed by atoms with Crippen molar-refractivity contribution in [3.05, 3.63) is 90.4 Å². The lowest BCUT2D eigenvalue weighted by molar-refractivity contribution is 0.0955. The first kappa shape index (κ1) is 26.9. The predicted octanol–water partition coefficient (Wildman–Crippen LogP) is 3.20. The smallest absolute Gasteiger partial charge is 0.255 e. The molecule has 206 valence electrons. The number of aromatic nitrogens is 2. The number of pyridine rings is 2. The summed E-state index contributed by atoms with van der Waals surface area (Å²) in [6, 6.07) is 17.0. The molecule has 12 heteroatoms. The van der Waals surface area contributed by atoms with Crippen molar-refractivity contribution in [2.24, 2.45) is 0 Å². The van der Waals surface area contributed by atoms with Gasteiger partial charge in [0.25, 0.3) is 5.91 Å². The van der Waals surface area contributed by atoms with Crippen molar-refractivity contribution in [3.63, 3.8) is 0 Å². The summed E-state index contributed by atoms with van der Waals surface area (Å²) in [5.74, 6) is 1.87. The Labute approximate surface area is 231 Å². The Hall–Kier alpha value is -4.68. The number of hydrogen-bond acceptors (Lipinski definition) is 9. The molecule has 5 rings (SSSR count). The van der Waals surface area contributed by atoms with Crippen molar-refractivity contribution in [1.29, 1.82) is 0 Å². The molecular weight excluding hydrogens is 534 g/mol. The Morgan fingerprint density at radius 3 is 2.58 bits per heavy atom. The van der Waals surface area contributed by atoms with Crippen molar-refractivity contribution in [3.8, 4) is 28.4 Å². The van der Waals surface area contributed by atoms with Gasteiger partial charge in [-0.15, -0.1) is 0 Å². The van der Waals surface area contributed by atoms with Gasteiger partial charge in [-0.25, -0.2) is 18.1 Å². The lowest BCUT2D eigenvalue weighted by atomic mass is 10.1. The van der Waals surface area contributed by atoms with Crippen molar-refractivity contribution < 1.29 is 27.4 Å². The van der Waals surface area contributed by atoms with Gasteiger partial charge in [0.1, 0.15) is 11.6 Å². The van der Waals surface area contributed by atoms with Gasteiger partial charge >= 0.3 is 0 Å². The first-order chi connectivity index (χ1) is 19.4. The highest BCUT2D eigenvalue weighted by atomic mass is 32.2. The molecule has 0 aliphatic carbocycles. The van der Waals surface area contributed by atoms with Crippen LogP contribution in [0.25, 0.3) is 11.1 Å². The van der Waals surface area contributed by atoms with E-state index in [1.807, 2.05) is 24.3 Å². The number of methoxy groups -OCH3 is 1. The number of carbonyl (C=O) groups is 1. The maximum absolute atomic E-state index is 13.2. The van der Waals surface area contributed by atoms with E-state index in [0.717, 1.165) is 11.1 Å². The van der Waals surface area contributed by atoms with Gasteiger partial charge in [-0.2, -0.15) is 0 Å². The number of hydrogen-bond donors (Lipinski definition) is 3. The second-order valence-corrected chi connectivity index (χ2v) is 10.5. The van der Waals surface area contributed by atoms with Crippen LogP contribution < -0.4 is 29.6 Å². The number of rotatable bonds is 11. The normalized spacial score (nSPS) is 12.1. The zero-order chi connectivity index (χ0) is 28.0. The summed E-state index contributed by atoms with van der Waals surface area (Å²) >= 11 is 0. The molecule has 4 aromatic rings. The molecule has 0 saturated heterocycles. The van der Waals surface area contributed by atoms with Crippen LogP contribution in [0.4, 0.5) is 5.82 Å². The van der Waals surface area contributed by atoms with Crippen LogP contribution in [0.15, 0.2) is 84.1 Å². The minimum Gasteiger partial charge on any atom is -0.497 e. The Morgan fingerprint density at radius 2 is 1.80 bits per heavy atom. The molecule has 2 aromatic heterocycles. The van der Waals surface area contributed by atoms with Gasteiger partial charge in [0.2, 0.25) is 16.8 Å². The van der Waals surface area contributed by atoms with Gasteiger partial charge in [0.05, 0.1) is 17.6 Å². The van der Waals surface area contributed by atoms with E-state index >= 15 is 0 Å². The second-order valence-electron chi connectivity index (χ2n) is 8.73. The molecule has 0 saturated carbocycles. The van der Waals surface area contributed by atoms with E-state index in [-0.39, 0.29) is 24.8 Å². The van der Waals surface area contributed by atoms with Crippen molar-refractivity contribution in [2.45, 2.75) is 11.4 Å². The molecule has 3 heterocycles. The summed E-state index contributed by atoms with van der Waals surface area (Å²) in [7, 11) is -2.25. The number of ether oxygens (including phenoxy) is 3. The molecule has 1 amide bonds. The number of nitrogens with one attached hydrogen (secondary N) is 3. The SMILES string of the molecule is COc1ccc(S(=O)(=O)NCCNC(=O)c2cc(-c3cccnc3)cnc2NCc2ccc3c(c2)OCO3)cc1. The average molecular weight is 562 g/mol. The zero-order valence-electron chi connectivity index (χ0n) is 21.6. The van der Waals surface area contributed by atoms with Gasteiger partial charge in [0.15, 0.2) is 11.5 Å². The fourth-order valence-electron chi connectivity index (χ4n) is 4.00. The number of benzene rings is 2. The molecule has 40 heavy (non-hydrogen) atoms. The van der Waals surface area contributed by atoms with Crippen LogP contribution in [0.5, 0.6) is 17.2 Å². The quantitative estimate of drug-likeness (QED) is 0.236. The maximum Gasteiger partial charge on any atom is 0.255 e. The van der Waals surface area contributed by atoms with Crippen LogP contribution in [0.1, 0.15) is 15.9 Å². The van der Waals surface area contributed by atoms with Crippen LogP contribution in [0.2, 0.25) is 0 Å². The van der Waals surface area contributed by atoms with E-state index in [2.05, 4.69) is 25.3 Å². The average Bonchev–Trinajstić information content (AvgIpc) is 3.47. The predicted molar refractivity (Wildman–Crippen MR) is 148 cm³/mol. The van der Waals surface area contributed by atoms with Crippen LogP contribution in [-0.2, 0) is 16.6 Å². The van der Waals surface area contributed by atoms with Crippen molar-refractivity contribution in [1.82, 2.24) is 20.0 Å². The molecule has 0 bridgehead atoms. The van der Waals surface area contributed by atoms with Gasteiger partial charge in [-0.3, -0.25) is 9.78 Å². The zero-order valence-corrected chi connectivity index (χ0v) is 22.4. The highest BCUT2D eigenvalue weighted by molar-refractivity contribution is 7.89. The van der Waals surface area contributed by atoms with Crippen LogP contribution in [0, 0.1) is 0 Å². The summed E-state index contributed by atoms with van der Waals surface area (Å²) in [4.78, 5) is 22.0. The Balaban J connectivity index is 1.27. The van der Waals surface area contributed by atoms with E-state index in [1.54, 1.807) is 42.9 Å². The number of fused-ring (bicyclic) bond motifs is 1. The fourth-order valence-corrected chi connectivity index (χ4v) is 5.03. The van der Waals surface area contributed by atoms with E-state index in [4.69, 9.17) is 14.2 Å². The van der Waals surface area contributed by atoms with Crippen molar-refractivity contribution in [2.75, 3.05) is 32.3 Å². The molecule has 0 fully saturated rings. The third-order valence-electron chi connectivity index (χ3n) is 6.10. The van der Waals surface area contributed by atoms with Gasteiger partial charge in [0, 0.05) is 49.4 Å². The Bertz CT molecular complexity index is 1600. The topological polar surface area (TPSA) is 141 Å². The minimum absolute atomic E-state index is 0.00418. The molecule has 0 spiro atoms. The van der Waals surface area contributed by atoms with E-state index in [0.29, 0.717) is 40.7 Å². The lowest BCUT2D eigenvalue weighted by Gasteiger charge is -2.14. The summed E-state index contributed by atoms with van der Waals surface area (Å²) < 4.78 is 43.5. The number of nitrogens with zero attached hydrogens (tertiary/aromatic N) is 2. The fraction of sp³-hybridized carbons (Fsp3) is 0.179. The standard InChI is InChI=1S/C28H27N5O6S/c1-37-22-5-7-23(8-6-22)40(35,36)33-12-11-30-28(34)24-14-21(20-3-2-10-29-16-20)17-32-27(24)31-15-19-4-9-25-26(13-19)39-18-38-25/h2-10,13-14,16-17,33H,11-12,15,18H2,1H3,(H,30,34)(H,31,32). The largest absolute Gasteiger partial charge is 0.497 e. The van der Waals surface area contributed by atoms with Crippen LogP contribution >= 0.6 is 0 Å². The first-order valence-corrected chi connectivity index (χ1v) is 13.9. The third kappa shape index (κ3) is 6.30. The lowest BCUT2D eigenvalue weighted by Crippen LogP contribution is -2.35. The monoisotopic (exact) mass is 561 g/mol. The highest BCUT2D eigenvalue weighted by Gasteiger charge is 2.18. The second kappa shape index (κ2) is 12.0. The summed E-state index contributed by atoms with van der Waals surface area (Å²) in [6.45, 7) is 0.630. The number of sulfonamides is 1. The molecular formula is C28H27N5O6S. The van der Waals surface area contributed by atoms with Gasteiger partial charge < -0.3 is 24.8 Å². The van der Waals surface area contributed by atoms with Crippen LogP contribution in [-0.4, -0.2) is 51.3 Å². The summed E-state index contributed by atoms with van der Waals surface area (Å²) in [5.41, 5.74) is 2.74. The van der Waals surface area contributed by atoms with E-state index in [9.17, 15) is 13.2 Å². The van der Waals surface area contributed by atoms with Gasteiger partial charge in [-0.05, 0) is 54.1 Å². The number of amides is 1. The molecule has 0 unspecified atom stereocenters. The number of carbonyl (C=O) groups excluding carboxylic acids is 1. The van der Waals surface area contributed by atoms with E-state index in [1.165, 1.54) is 19.2 Å². The molecule has 3 N–H and O–H groups in total. The molecule has 11 nitrogen and oxygen atoms in total. The Morgan fingerprint density at radius 1 is 0.975 bits per heavy atom. The van der Waals surface area contributed by atoms with E-state index < -0.39 is 15.9 Å². The molecule has 0 radical (unpaired) electrons. The highest BCUT2D eigenvalue weighted by Crippen LogP contribution is 2.33. The van der Waals surface area contributed by atoms with Gasteiger partial charge in [-0.1, -0.05) is 12.1 Å². The number of anilines is 1. The van der Waals surface area contributed by atoms with Crippen LogP contribution in [0.3, 0.4) is 0 Å². The molecule has 1 aliphatic heterocycles. The first-order valence-electron chi connectivity index (χ1n) is 12.4. The summed E-state index contributed by atoms with van der Waals surface area (Å²) in [5, 5.41) is 5.99. The molecule has 0 atom stereocenters. The third-order valence-corrected chi connectivity index (χ3v) is 7.57. The minimum atomic E-state index is -3.75. The maximum atomic E-state index is 13.2. The molecule has 1 aliphatic rings. The Kier molecular flexibility index (Phi) is 8.08. The van der Waals surface area contributed by atoms with Crippen molar-refractivity contribution >= 4 is 21.7 Å². The molecule has 2 aromatic carbocycles.